The minimum absolute atomic E-state index is 0.115. The molecule has 0 aliphatic rings. The topological polar surface area (TPSA) is 81.7 Å². The number of rotatable bonds is 4. The highest BCUT2D eigenvalue weighted by Gasteiger charge is 2.16. The van der Waals surface area contributed by atoms with Gasteiger partial charge in [0.25, 0.3) is 5.91 Å². The van der Waals surface area contributed by atoms with Gasteiger partial charge in [0.2, 0.25) is 0 Å². The van der Waals surface area contributed by atoms with Gasteiger partial charge in [0.15, 0.2) is 0 Å². The summed E-state index contributed by atoms with van der Waals surface area (Å²) in [4.78, 5) is 25.7. The van der Waals surface area contributed by atoms with E-state index < -0.39 is 0 Å². The number of phenolic OH excluding ortho intramolecular Hbond substituents is 1. The van der Waals surface area contributed by atoms with Gasteiger partial charge < -0.3 is 20.6 Å². The summed E-state index contributed by atoms with van der Waals surface area (Å²) < 4.78 is 0. The summed E-state index contributed by atoms with van der Waals surface area (Å²) >= 11 is 6.23. The molecule has 2 aromatic carbocycles. The third kappa shape index (κ3) is 4.92. The van der Waals surface area contributed by atoms with Gasteiger partial charge >= 0.3 is 6.03 Å². The number of hydrogen-bond donors (Lipinski definition) is 3. The van der Waals surface area contributed by atoms with Crippen molar-refractivity contribution in [3.05, 3.63) is 52.0 Å². The van der Waals surface area contributed by atoms with Crippen LogP contribution in [-0.2, 0) is 0 Å². The van der Waals surface area contributed by atoms with Crippen LogP contribution in [0.1, 0.15) is 41.3 Å². The van der Waals surface area contributed by atoms with Gasteiger partial charge in [-0.25, -0.2) is 4.79 Å². The molecule has 0 aliphatic carbocycles. The average Bonchev–Trinajstić information content (AvgIpc) is 2.56. The van der Waals surface area contributed by atoms with Crippen molar-refractivity contribution in [1.29, 1.82) is 0 Å². The van der Waals surface area contributed by atoms with Gasteiger partial charge in [-0.1, -0.05) is 25.4 Å². The van der Waals surface area contributed by atoms with E-state index in [1.54, 1.807) is 45.3 Å². The van der Waals surface area contributed by atoms with E-state index in [2.05, 4.69) is 10.6 Å². The Morgan fingerprint density at radius 1 is 1.11 bits per heavy atom. The highest BCUT2D eigenvalue weighted by Crippen LogP contribution is 2.32. The Kier molecular flexibility index (Phi) is 6.33. The molecule has 6 nitrogen and oxygen atoms in total. The molecule has 0 spiro atoms. The number of carbonyl (C=O) groups excluding carboxylic acids is 2. The van der Waals surface area contributed by atoms with Gasteiger partial charge in [-0.2, -0.15) is 0 Å². The van der Waals surface area contributed by atoms with E-state index in [0.29, 0.717) is 11.4 Å². The smallest absolute Gasteiger partial charge is 0.321 e. The lowest BCUT2D eigenvalue weighted by Gasteiger charge is -2.15. The minimum Gasteiger partial charge on any atom is -0.508 e. The lowest BCUT2D eigenvalue weighted by Crippen LogP contribution is -2.27. The molecule has 0 saturated heterocycles. The first-order valence-corrected chi connectivity index (χ1v) is 8.90. The SMILES string of the molecule is Cc1cc(O)c(C(C)C)cc1NC(=O)c1ccc(NC(=O)N(C)C)cc1Cl. The summed E-state index contributed by atoms with van der Waals surface area (Å²) in [7, 11) is 3.26. The number of carbonyl (C=O) groups is 2. The molecule has 0 fully saturated rings. The lowest BCUT2D eigenvalue weighted by molar-refractivity contribution is 0.102. The number of halogens is 1. The first kappa shape index (κ1) is 20.6. The number of nitrogens with one attached hydrogen (secondary N) is 2. The number of anilines is 2. The summed E-state index contributed by atoms with van der Waals surface area (Å²) in [6, 6.07) is 7.82. The first-order valence-electron chi connectivity index (χ1n) is 8.52. The Balaban J connectivity index is 2.24. The summed E-state index contributed by atoms with van der Waals surface area (Å²) in [5, 5.41) is 15.8. The molecule has 0 radical (unpaired) electrons. The third-order valence-electron chi connectivity index (χ3n) is 4.12. The molecular weight excluding hydrogens is 366 g/mol. The molecule has 2 rings (SSSR count). The van der Waals surface area contributed by atoms with E-state index >= 15 is 0 Å². The Morgan fingerprint density at radius 3 is 2.33 bits per heavy atom. The van der Waals surface area contributed by atoms with Crippen molar-refractivity contribution < 1.29 is 14.7 Å². The van der Waals surface area contributed by atoms with E-state index in [1.807, 2.05) is 13.8 Å². The number of benzene rings is 2. The number of nitrogens with zero attached hydrogens (tertiary/aromatic N) is 1. The molecule has 3 N–H and O–H groups in total. The second-order valence-electron chi connectivity index (χ2n) is 6.85. The summed E-state index contributed by atoms with van der Waals surface area (Å²) in [6.45, 7) is 5.74. The average molecular weight is 390 g/mol. The molecule has 27 heavy (non-hydrogen) atoms. The molecule has 0 aromatic heterocycles. The van der Waals surface area contributed by atoms with E-state index in [1.165, 1.54) is 11.0 Å². The van der Waals surface area contributed by atoms with Gasteiger partial charge in [0.1, 0.15) is 5.75 Å². The Morgan fingerprint density at radius 2 is 1.78 bits per heavy atom. The molecule has 3 amide bonds. The molecule has 0 bridgehead atoms. The summed E-state index contributed by atoms with van der Waals surface area (Å²) in [6.07, 6.45) is 0. The van der Waals surface area contributed by atoms with Crippen LogP contribution in [-0.4, -0.2) is 36.0 Å². The van der Waals surface area contributed by atoms with Crippen LogP contribution < -0.4 is 10.6 Å². The molecule has 0 aliphatic heterocycles. The fourth-order valence-electron chi connectivity index (χ4n) is 2.51. The zero-order valence-corrected chi connectivity index (χ0v) is 16.8. The van der Waals surface area contributed by atoms with Crippen LogP contribution in [0.5, 0.6) is 5.75 Å². The van der Waals surface area contributed by atoms with Crippen molar-refractivity contribution in [2.45, 2.75) is 26.7 Å². The third-order valence-corrected chi connectivity index (χ3v) is 4.43. The highest BCUT2D eigenvalue weighted by molar-refractivity contribution is 6.34. The van der Waals surface area contributed by atoms with Crippen molar-refractivity contribution in [2.24, 2.45) is 0 Å². The molecule has 0 unspecified atom stereocenters. The number of aryl methyl sites for hydroxylation is 1. The number of urea groups is 1. The van der Waals surface area contributed by atoms with Crippen molar-refractivity contribution in [3.63, 3.8) is 0 Å². The van der Waals surface area contributed by atoms with Crippen LogP contribution in [0.25, 0.3) is 0 Å². The second kappa shape index (κ2) is 8.31. The zero-order chi connectivity index (χ0) is 20.3. The maximum atomic E-state index is 12.6. The monoisotopic (exact) mass is 389 g/mol. The maximum absolute atomic E-state index is 12.6. The van der Waals surface area contributed by atoms with E-state index in [9.17, 15) is 14.7 Å². The predicted octanol–water partition coefficient (Wildman–Crippen LogP) is 4.82. The molecule has 7 heteroatoms. The number of amides is 3. The second-order valence-corrected chi connectivity index (χ2v) is 7.26. The minimum atomic E-state index is -0.367. The van der Waals surface area contributed by atoms with Crippen molar-refractivity contribution in [1.82, 2.24) is 4.90 Å². The van der Waals surface area contributed by atoms with Crippen molar-refractivity contribution >= 4 is 34.9 Å². The molecule has 144 valence electrons. The van der Waals surface area contributed by atoms with Gasteiger partial charge in [-0.05, 0) is 54.3 Å². The van der Waals surface area contributed by atoms with Crippen LogP contribution in [0.3, 0.4) is 0 Å². The molecule has 0 saturated carbocycles. The van der Waals surface area contributed by atoms with E-state index in [-0.39, 0.29) is 34.2 Å². The largest absolute Gasteiger partial charge is 0.508 e. The molecule has 2 aromatic rings. The maximum Gasteiger partial charge on any atom is 0.321 e. The number of aromatic hydroxyl groups is 1. The molecule has 0 heterocycles. The van der Waals surface area contributed by atoms with E-state index in [4.69, 9.17) is 11.6 Å². The lowest BCUT2D eigenvalue weighted by atomic mass is 9.99. The fourth-order valence-corrected chi connectivity index (χ4v) is 2.77. The van der Waals surface area contributed by atoms with Gasteiger partial charge in [-0.3, -0.25) is 4.79 Å². The van der Waals surface area contributed by atoms with Crippen LogP contribution >= 0.6 is 11.6 Å². The zero-order valence-electron chi connectivity index (χ0n) is 16.1. The van der Waals surface area contributed by atoms with E-state index in [0.717, 1.165) is 11.1 Å². The van der Waals surface area contributed by atoms with Crippen LogP contribution in [0.15, 0.2) is 30.3 Å². The normalized spacial score (nSPS) is 10.6. The van der Waals surface area contributed by atoms with Gasteiger partial charge in [0, 0.05) is 25.5 Å². The van der Waals surface area contributed by atoms with Crippen LogP contribution in [0.4, 0.5) is 16.2 Å². The first-order chi connectivity index (χ1) is 12.6. The van der Waals surface area contributed by atoms with Crippen LogP contribution in [0.2, 0.25) is 5.02 Å². The Hall–Kier alpha value is -2.73. The standard InChI is InChI=1S/C20H24ClN3O3/c1-11(2)15-10-17(12(3)8-18(15)25)23-19(26)14-7-6-13(9-16(14)21)22-20(27)24(4)5/h6-11,25H,1-5H3,(H,22,27)(H,23,26). The molecule has 0 atom stereocenters. The Labute approximate surface area is 164 Å². The van der Waals surface area contributed by atoms with Gasteiger partial charge in [-0.15, -0.1) is 0 Å². The van der Waals surface area contributed by atoms with Crippen molar-refractivity contribution in [3.8, 4) is 5.75 Å². The summed E-state index contributed by atoms with van der Waals surface area (Å²) in [5.74, 6) is -0.0436. The number of hydrogen-bond acceptors (Lipinski definition) is 3. The quantitative estimate of drug-likeness (QED) is 0.655. The van der Waals surface area contributed by atoms with Gasteiger partial charge in [0.05, 0.1) is 10.6 Å². The Bertz CT molecular complexity index is 879. The number of phenols is 1. The fraction of sp³-hybridized carbons (Fsp3) is 0.300. The van der Waals surface area contributed by atoms with Crippen LogP contribution in [0, 0.1) is 6.92 Å². The van der Waals surface area contributed by atoms with Crippen molar-refractivity contribution in [2.75, 3.05) is 24.7 Å². The predicted molar refractivity (Wildman–Crippen MR) is 109 cm³/mol. The highest BCUT2D eigenvalue weighted by atomic mass is 35.5. The molecular formula is C20H24ClN3O3. The summed E-state index contributed by atoms with van der Waals surface area (Å²) in [5.41, 5.74) is 2.90.